The maximum Gasteiger partial charge on any atom is 0.283 e. The average Bonchev–Trinajstić information content (AvgIpc) is 2.26. The van der Waals surface area contributed by atoms with E-state index in [-0.39, 0.29) is 5.24 Å². The van der Waals surface area contributed by atoms with Crippen molar-refractivity contribution in [2.75, 3.05) is 12.8 Å². The van der Waals surface area contributed by atoms with Crippen LogP contribution in [0.5, 0.6) is 0 Å². The molecular weight excluding hydrogens is 238 g/mol. The van der Waals surface area contributed by atoms with Crippen molar-refractivity contribution < 1.29 is 4.79 Å². The molecule has 0 saturated heterocycles. The number of hydrogen-bond acceptors (Lipinski definition) is 3. The van der Waals surface area contributed by atoms with Gasteiger partial charge in [-0.3, -0.25) is 4.79 Å². The van der Waals surface area contributed by atoms with Gasteiger partial charge in [0.2, 0.25) is 0 Å². The Morgan fingerprint density at radius 2 is 2.06 bits per heavy atom. The number of carbonyl (C=O) groups excluding carboxylic acids is 1. The third-order valence-electron chi connectivity index (χ3n) is 1.91. The van der Waals surface area contributed by atoms with E-state index in [0.717, 1.165) is 11.4 Å². The summed E-state index contributed by atoms with van der Waals surface area (Å²) in [7, 11) is 0. The molecule has 1 N–H and O–H groups in total. The van der Waals surface area contributed by atoms with E-state index < -0.39 is 0 Å². The van der Waals surface area contributed by atoms with E-state index in [0.29, 0.717) is 5.92 Å². The van der Waals surface area contributed by atoms with Crippen LogP contribution in [0.3, 0.4) is 0 Å². The van der Waals surface area contributed by atoms with Gasteiger partial charge in [-0.25, -0.2) is 0 Å². The molecule has 88 valence electrons. The first-order chi connectivity index (χ1) is 7.61. The van der Waals surface area contributed by atoms with Gasteiger partial charge in [-0.05, 0) is 42.1 Å². The van der Waals surface area contributed by atoms with E-state index in [1.165, 1.54) is 16.7 Å². The highest BCUT2D eigenvalue weighted by Gasteiger charge is 2.05. The SMILES string of the molecule is CSc1cccc(SC(=O)NCC(C)C)c1. The van der Waals surface area contributed by atoms with Crippen LogP contribution in [0.4, 0.5) is 4.79 Å². The first-order valence-electron chi connectivity index (χ1n) is 5.21. The summed E-state index contributed by atoms with van der Waals surface area (Å²) >= 11 is 2.94. The Bertz CT molecular complexity index is 353. The summed E-state index contributed by atoms with van der Waals surface area (Å²) in [5.41, 5.74) is 0. The predicted octanol–water partition coefficient (Wildman–Crippen LogP) is 3.87. The third kappa shape index (κ3) is 4.94. The van der Waals surface area contributed by atoms with Gasteiger partial charge in [0.1, 0.15) is 0 Å². The molecule has 0 aromatic heterocycles. The number of thioether (sulfide) groups is 2. The topological polar surface area (TPSA) is 29.1 Å². The molecule has 0 atom stereocenters. The molecule has 1 rings (SSSR count). The highest BCUT2D eigenvalue weighted by Crippen LogP contribution is 2.23. The van der Waals surface area contributed by atoms with Gasteiger partial charge < -0.3 is 5.32 Å². The van der Waals surface area contributed by atoms with Crippen LogP contribution in [0.2, 0.25) is 0 Å². The Labute approximate surface area is 106 Å². The Morgan fingerprint density at radius 1 is 1.38 bits per heavy atom. The van der Waals surface area contributed by atoms with Crippen molar-refractivity contribution in [3.63, 3.8) is 0 Å². The van der Waals surface area contributed by atoms with Crippen molar-refractivity contribution in [1.29, 1.82) is 0 Å². The molecule has 16 heavy (non-hydrogen) atoms. The van der Waals surface area contributed by atoms with Crippen molar-refractivity contribution in [2.45, 2.75) is 23.6 Å². The maximum atomic E-state index is 11.6. The predicted molar refractivity (Wildman–Crippen MR) is 72.3 cm³/mol. The highest BCUT2D eigenvalue weighted by atomic mass is 32.2. The van der Waals surface area contributed by atoms with Gasteiger partial charge in [-0.2, -0.15) is 0 Å². The van der Waals surface area contributed by atoms with Crippen LogP contribution in [-0.4, -0.2) is 18.0 Å². The number of nitrogens with one attached hydrogen (secondary N) is 1. The van der Waals surface area contributed by atoms with Crippen molar-refractivity contribution in [3.8, 4) is 0 Å². The first-order valence-corrected chi connectivity index (χ1v) is 7.25. The molecule has 2 nitrogen and oxygen atoms in total. The van der Waals surface area contributed by atoms with Crippen LogP contribution >= 0.6 is 23.5 Å². The monoisotopic (exact) mass is 255 g/mol. The van der Waals surface area contributed by atoms with Crippen LogP contribution in [-0.2, 0) is 0 Å². The van der Waals surface area contributed by atoms with Gasteiger partial charge in [0.25, 0.3) is 5.24 Å². The summed E-state index contributed by atoms with van der Waals surface area (Å²) < 4.78 is 0. The average molecular weight is 255 g/mol. The zero-order valence-corrected chi connectivity index (χ0v) is 11.5. The molecule has 0 aliphatic heterocycles. The molecule has 0 aliphatic rings. The van der Waals surface area contributed by atoms with Crippen molar-refractivity contribution in [3.05, 3.63) is 24.3 Å². The molecule has 0 unspecified atom stereocenters. The molecule has 0 spiro atoms. The number of amides is 1. The van der Waals surface area contributed by atoms with Gasteiger partial charge in [0.05, 0.1) is 0 Å². The standard InChI is InChI=1S/C12H17NOS2/c1-9(2)8-13-12(14)16-11-6-4-5-10(7-11)15-3/h4-7,9H,8H2,1-3H3,(H,13,14). The summed E-state index contributed by atoms with van der Waals surface area (Å²) in [5.74, 6) is 0.488. The van der Waals surface area contributed by atoms with E-state index >= 15 is 0 Å². The Hall–Kier alpha value is -0.610. The second-order valence-electron chi connectivity index (χ2n) is 3.84. The van der Waals surface area contributed by atoms with Gasteiger partial charge >= 0.3 is 0 Å². The van der Waals surface area contributed by atoms with Gasteiger partial charge in [-0.1, -0.05) is 19.9 Å². The van der Waals surface area contributed by atoms with Crippen molar-refractivity contribution >= 4 is 28.8 Å². The Morgan fingerprint density at radius 3 is 2.69 bits per heavy atom. The van der Waals surface area contributed by atoms with Crippen LogP contribution in [0, 0.1) is 5.92 Å². The quantitative estimate of drug-likeness (QED) is 0.828. The summed E-state index contributed by atoms with van der Waals surface area (Å²) in [6.07, 6.45) is 2.03. The van der Waals surface area contributed by atoms with Crippen molar-refractivity contribution in [1.82, 2.24) is 5.32 Å². The molecule has 0 fully saturated rings. The summed E-state index contributed by atoms with van der Waals surface area (Å²) in [6.45, 7) is 4.90. The molecule has 1 amide bonds. The lowest BCUT2D eigenvalue weighted by Gasteiger charge is -2.07. The largest absolute Gasteiger partial charge is 0.346 e. The van der Waals surface area contributed by atoms with E-state index in [4.69, 9.17) is 0 Å². The molecule has 1 aromatic carbocycles. The number of rotatable bonds is 4. The van der Waals surface area contributed by atoms with Crippen LogP contribution in [0.15, 0.2) is 34.1 Å². The second-order valence-corrected chi connectivity index (χ2v) is 5.77. The smallest absolute Gasteiger partial charge is 0.283 e. The minimum atomic E-state index is 0.0203. The fraction of sp³-hybridized carbons (Fsp3) is 0.417. The molecule has 0 saturated carbocycles. The fourth-order valence-corrected chi connectivity index (χ4v) is 2.33. The lowest BCUT2D eigenvalue weighted by atomic mass is 10.2. The van der Waals surface area contributed by atoms with E-state index in [9.17, 15) is 4.79 Å². The lowest BCUT2D eigenvalue weighted by Crippen LogP contribution is -2.23. The Kier molecular flexibility index (Phi) is 5.77. The number of carbonyl (C=O) groups is 1. The normalized spacial score (nSPS) is 10.5. The Balaban J connectivity index is 2.49. The van der Waals surface area contributed by atoms with Gasteiger partial charge in [0.15, 0.2) is 0 Å². The molecule has 0 aliphatic carbocycles. The van der Waals surface area contributed by atoms with Gasteiger partial charge in [0, 0.05) is 16.3 Å². The zero-order chi connectivity index (χ0) is 12.0. The molecule has 1 aromatic rings. The number of hydrogen-bond donors (Lipinski definition) is 1. The van der Waals surface area contributed by atoms with E-state index in [1.807, 2.05) is 30.5 Å². The fourth-order valence-electron chi connectivity index (χ4n) is 1.10. The molecule has 0 bridgehead atoms. The molecular formula is C12H17NOS2. The minimum absolute atomic E-state index is 0.0203. The van der Waals surface area contributed by atoms with Crippen LogP contribution in [0.25, 0.3) is 0 Å². The highest BCUT2D eigenvalue weighted by molar-refractivity contribution is 8.13. The first kappa shape index (κ1) is 13.5. The maximum absolute atomic E-state index is 11.6. The van der Waals surface area contributed by atoms with Gasteiger partial charge in [-0.15, -0.1) is 11.8 Å². The second kappa shape index (κ2) is 6.86. The van der Waals surface area contributed by atoms with Crippen LogP contribution in [0.1, 0.15) is 13.8 Å². The third-order valence-corrected chi connectivity index (χ3v) is 3.45. The minimum Gasteiger partial charge on any atom is -0.346 e. The zero-order valence-electron chi connectivity index (χ0n) is 9.82. The summed E-state index contributed by atoms with van der Waals surface area (Å²) in [5, 5.41) is 2.91. The molecule has 0 heterocycles. The molecule has 4 heteroatoms. The van der Waals surface area contributed by atoms with E-state index in [1.54, 1.807) is 11.8 Å². The van der Waals surface area contributed by atoms with Crippen LogP contribution < -0.4 is 5.32 Å². The molecule has 0 radical (unpaired) electrons. The lowest BCUT2D eigenvalue weighted by molar-refractivity contribution is 0.259. The number of benzene rings is 1. The van der Waals surface area contributed by atoms with E-state index in [2.05, 4.69) is 19.2 Å². The summed E-state index contributed by atoms with van der Waals surface area (Å²) in [4.78, 5) is 13.7. The van der Waals surface area contributed by atoms with Crippen molar-refractivity contribution in [2.24, 2.45) is 5.92 Å². The summed E-state index contributed by atoms with van der Waals surface area (Å²) in [6, 6.07) is 8.01.